The maximum atomic E-state index is 13.9. The van der Waals surface area contributed by atoms with E-state index in [1.165, 1.54) is 10.7 Å². The van der Waals surface area contributed by atoms with E-state index in [1.807, 2.05) is 13.8 Å². The molecule has 2 rings (SSSR count). The number of halogens is 2. The van der Waals surface area contributed by atoms with Crippen molar-refractivity contribution in [1.29, 1.82) is 0 Å². The van der Waals surface area contributed by atoms with Crippen molar-refractivity contribution >= 4 is 21.9 Å². The van der Waals surface area contributed by atoms with Gasteiger partial charge in [0.1, 0.15) is 17.3 Å². The number of aromatic carboxylic acids is 1. The number of benzene rings is 1. The molecule has 0 saturated carbocycles. The summed E-state index contributed by atoms with van der Waals surface area (Å²) in [5.74, 6) is -1.79. The summed E-state index contributed by atoms with van der Waals surface area (Å²) in [6.07, 6.45) is 0. The first-order valence-electron chi connectivity index (χ1n) is 5.56. The van der Waals surface area contributed by atoms with Gasteiger partial charge in [-0.3, -0.25) is 0 Å². The summed E-state index contributed by atoms with van der Waals surface area (Å²) >= 11 is 3.24. The zero-order valence-electron chi connectivity index (χ0n) is 10.3. The van der Waals surface area contributed by atoms with Crippen LogP contribution in [0.2, 0.25) is 0 Å². The van der Waals surface area contributed by atoms with Gasteiger partial charge in [-0.2, -0.15) is 0 Å². The molecule has 0 aliphatic carbocycles. The van der Waals surface area contributed by atoms with Gasteiger partial charge in [0, 0.05) is 10.4 Å². The lowest BCUT2D eigenvalue weighted by molar-refractivity contribution is 0.0683. The van der Waals surface area contributed by atoms with E-state index in [4.69, 9.17) is 5.11 Å². The largest absolute Gasteiger partial charge is 0.475 e. The van der Waals surface area contributed by atoms with Gasteiger partial charge in [0.25, 0.3) is 5.82 Å². The Morgan fingerprint density at radius 2 is 2.16 bits per heavy atom. The second-order valence-corrected chi connectivity index (χ2v) is 5.09. The van der Waals surface area contributed by atoms with Crippen LogP contribution in [-0.4, -0.2) is 25.8 Å². The molecule has 0 unspecified atom stereocenters. The zero-order valence-corrected chi connectivity index (χ0v) is 11.8. The number of nitrogens with zero attached hydrogens (tertiary/aromatic N) is 3. The molecule has 0 radical (unpaired) electrons. The summed E-state index contributed by atoms with van der Waals surface area (Å²) in [5.41, 5.74) is 0.159. The van der Waals surface area contributed by atoms with Crippen LogP contribution in [0.3, 0.4) is 0 Å². The molecular weight excluding hydrogens is 317 g/mol. The second kappa shape index (κ2) is 5.08. The lowest BCUT2D eigenvalue weighted by Crippen LogP contribution is -2.08. The third-order valence-electron chi connectivity index (χ3n) is 2.49. The van der Waals surface area contributed by atoms with Crippen molar-refractivity contribution in [2.24, 2.45) is 0 Å². The molecule has 1 aromatic carbocycles. The first-order chi connectivity index (χ1) is 8.91. The van der Waals surface area contributed by atoms with Gasteiger partial charge in [-0.25, -0.2) is 18.9 Å². The van der Waals surface area contributed by atoms with Crippen LogP contribution in [0, 0.1) is 5.82 Å². The monoisotopic (exact) mass is 327 g/mol. The fourth-order valence-corrected chi connectivity index (χ4v) is 2.15. The predicted octanol–water partition coefficient (Wildman–Crippen LogP) is 2.99. The van der Waals surface area contributed by atoms with E-state index in [0.717, 1.165) is 0 Å². The molecule has 0 spiro atoms. The zero-order chi connectivity index (χ0) is 14.2. The van der Waals surface area contributed by atoms with Gasteiger partial charge in [0.15, 0.2) is 0 Å². The van der Waals surface area contributed by atoms with Gasteiger partial charge in [-0.1, -0.05) is 19.9 Å². The number of carboxylic acids is 1. The molecule has 2 aromatic rings. The van der Waals surface area contributed by atoms with Crippen LogP contribution in [0.15, 0.2) is 22.7 Å². The van der Waals surface area contributed by atoms with Crippen molar-refractivity contribution in [1.82, 2.24) is 14.8 Å². The topological polar surface area (TPSA) is 68.0 Å². The Balaban J connectivity index is 2.70. The third-order valence-corrected chi connectivity index (χ3v) is 3.13. The van der Waals surface area contributed by atoms with Crippen molar-refractivity contribution < 1.29 is 14.3 Å². The minimum atomic E-state index is -1.24. The molecular formula is C12H11BrFN3O2. The number of hydrogen-bond acceptors (Lipinski definition) is 3. The normalized spacial score (nSPS) is 11.0. The Labute approximate surface area is 117 Å². The Kier molecular flexibility index (Phi) is 3.66. The van der Waals surface area contributed by atoms with E-state index < -0.39 is 11.8 Å². The Bertz CT molecular complexity index is 620. The van der Waals surface area contributed by atoms with Crippen molar-refractivity contribution in [2.75, 3.05) is 0 Å². The molecule has 0 saturated heterocycles. The molecule has 0 aliphatic heterocycles. The highest BCUT2D eigenvalue weighted by atomic mass is 79.9. The Morgan fingerprint density at radius 1 is 1.47 bits per heavy atom. The van der Waals surface area contributed by atoms with Gasteiger partial charge in [0.2, 0.25) is 0 Å². The molecule has 0 amide bonds. The third kappa shape index (κ3) is 2.51. The maximum Gasteiger partial charge on any atom is 0.375 e. The molecule has 5 nitrogen and oxygen atoms in total. The van der Waals surface area contributed by atoms with E-state index in [0.29, 0.717) is 10.3 Å². The van der Waals surface area contributed by atoms with E-state index in [2.05, 4.69) is 26.0 Å². The van der Waals surface area contributed by atoms with Crippen LogP contribution in [0.4, 0.5) is 4.39 Å². The fourth-order valence-electron chi connectivity index (χ4n) is 1.64. The van der Waals surface area contributed by atoms with Crippen LogP contribution in [0.1, 0.15) is 36.2 Å². The number of aromatic nitrogens is 3. The summed E-state index contributed by atoms with van der Waals surface area (Å²) in [7, 11) is 0. The van der Waals surface area contributed by atoms with E-state index in [1.54, 1.807) is 12.1 Å². The highest BCUT2D eigenvalue weighted by molar-refractivity contribution is 9.10. The summed E-state index contributed by atoms with van der Waals surface area (Å²) in [6.45, 7) is 3.67. The summed E-state index contributed by atoms with van der Waals surface area (Å²) in [6, 6.07) is 4.49. The molecule has 19 heavy (non-hydrogen) atoms. The number of rotatable bonds is 3. The van der Waals surface area contributed by atoms with Crippen LogP contribution >= 0.6 is 15.9 Å². The molecule has 0 aliphatic rings. The molecule has 1 aromatic heterocycles. The SMILES string of the molecule is CC(C)c1nc(C(=O)O)nn1-c1c(F)cccc1Br. The maximum absolute atomic E-state index is 13.9. The van der Waals surface area contributed by atoms with Crippen molar-refractivity contribution in [3.05, 3.63) is 40.1 Å². The van der Waals surface area contributed by atoms with E-state index >= 15 is 0 Å². The standard InChI is InChI=1S/C12H11BrFN3O2/c1-6(2)11-15-10(12(18)19)16-17(11)9-7(13)4-3-5-8(9)14/h3-6H,1-2H3,(H,18,19). The first kappa shape index (κ1) is 13.7. The highest BCUT2D eigenvalue weighted by Crippen LogP contribution is 2.26. The molecule has 1 heterocycles. The number of para-hydroxylation sites is 1. The first-order valence-corrected chi connectivity index (χ1v) is 6.35. The smallest absolute Gasteiger partial charge is 0.375 e. The molecule has 1 N–H and O–H groups in total. The lowest BCUT2D eigenvalue weighted by Gasteiger charge is -2.10. The Morgan fingerprint density at radius 3 is 2.68 bits per heavy atom. The summed E-state index contributed by atoms with van der Waals surface area (Å²) in [5, 5.41) is 12.8. The number of carboxylic acid groups (broad SMARTS) is 1. The second-order valence-electron chi connectivity index (χ2n) is 4.24. The van der Waals surface area contributed by atoms with Crippen molar-refractivity contribution in [2.45, 2.75) is 19.8 Å². The molecule has 0 atom stereocenters. The summed E-state index contributed by atoms with van der Waals surface area (Å²) in [4.78, 5) is 14.9. The minimum Gasteiger partial charge on any atom is -0.475 e. The highest BCUT2D eigenvalue weighted by Gasteiger charge is 2.21. The molecule has 0 bridgehead atoms. The van der Waals surface area contributed by atoms with E-state index in [9.17, 15) is 9.18 Å². The van der Waals surface area contributed by atoms with Gasteiger partial charge in [-0.15, -0.1) is 5.10 Å². The van der Waals surface area contributed by atoms with Gasteiger partial charge >= 0.3 is 5.97 Å². The fraction of sp³-hybridized carbons (Fsp3) is 0.250. The average Bonchev–Trinajstić information content (AvgIpc) is 2.73. The van der Waals surface area contributed by atoms with Crippen molar-refractivity contribution in [3.63, 3.8) is 0 Å². The molecule has 0 fully saturated rings. The van der Waals surface area contributed by atoms with Crippen molar-refractivity contribution in [3.8, 4) is 5.69 Å². The van der Waals surface area contributed by atoms with Gasteiger partial charge in [-0.05, 0) is 28.1 Å². The Hall–Kier alpha value is -1.76. The molecule has 7 heteroatoms. The molecule has 100 valence electrons. The number of hydrogen-bond donors (Lipinski definition) is 1. The average molecular weight is 328 g/mol. The van der Waals surface area contributed by atoms with E-state index in [-0.39, 0.29) is 17.4 Å². The summed E-state index contributed by atoms with van der Waals surface area (Å²) < 4.78 is 15.6. The van der Waals surface area contributed by atoms with Gasteiger partial charge < -0.3 is 5.11 Å². The van der Waals surface area contributed by atoms with Gasteiger partial charge in [0.05, 0.1) is 0 Å². The number of carbonyl (C=O) groups is 1. The van der Waals surface area contributed by atoms with Crippen LogP contribution in [0.25, 0.3) is 5.69 Å². The van der Waals surface area contributed by atoms with Crippen LogP contribution < -0.4 is 0 Å². The predicted molar refractivity (Wildman–Crippen MR) is 70.1 cm³/mol. The van der Waals surface area contributed by atoms with Crippen LogP contribution in [0.5, 0.6) is 0 Å². The quantitative estimate of drug-likeness (QED) is 0.940. The minimum absolute atomic E-state index is 0.0906. The van der Waals surface area contributed by atoms with Crippen LogP contribution in [-0.2, 0) is 0 Å². The lowest BCUT2D eigenvalue weighted by atomic mass is 10.2.